The first-order valence-corrected chi connectivity index (χ1v) is 27.8. The van der Waals surface area contributed by atoms with Crippen molar-refractivity contribution >= 4 is 45.8 Å². The monoisotopic (exact) mass is 1060 g/mol. The first kappa shape index (κ1) is 53.1. The SMILES string of the molecule is COc1ccc(CN2CCN(C3CC4(CCN(c5ccc(C(=O)NC(=O)C(=O)c6cnc(NCC7CCC(C)CC7)c([NH+](C)[O-])c6)c(Oc6cc7c(F)c[nH]c7nc6OC)c5)C5CC54)C3)C(c3ccccc3C(C)C)C2)cc1. The number of aromatic nitrogens is 3. The van der Waals surface area contributed by atoms with Crippen LogP contribution in [0.3, 0.4) is 0 Å². The van der Waals surface area contributed by atoms with Crippen molar-refractivity contribution in [1.82, 2.24) is 30.1 Å². The van der Waals surface area contributed by atoms with E-state index < -0.39 is 23.4 Å². The molecule has 0 bridgehead atoms. The van der Waals surface area contributed by atoms with Gasteiger partial charge in [-0.25, -0.2) is 9.37 Å². The van der Waals surface area contributed by atoms with Gasteiger partial charge in [0, 0.05) is 93.7 Å². The molecule has 5 fully saturated rings. The number of pyridine rings is 2. The van der Waals surface area contributed by atoms with Gasteiger partial charge in [-0.1, -0.05) is 70.0 Å². The highest BCUT2D eigenvalue weighted by atomic mass is 19.1. The van der Waals surface area contributed by atoms with Crippen LogP contribution in [0.15, 0.2) is 91.3 Å². The van der Waals surface area contributed by atoms with Crippen LogP contribution in [0.1, 0.15) is 122 Å². The van der Waals surface area contributed by atoms with Gasteiger partial charge < -0.3 is 39.7 Å². The summed E-state index contributed by atoms with van der Waals surface area (Å²) in [7, 11) is 4.50. The van der Waals surface area contributed by atoms with Crippen LogP contribution in [0.25, 0.3) is 11.0 Å². The smallest absolute Gasteiger partial charge is 0.299 e. The topological polar surface area (TPSA) is 182 Å². The number of amides is 2. The molecule has 6 aromatic rings. The van der Waals surface area contributed by atoms with Crippen LogP contribution >= 0.6 is 0 Å². The van der Waals surface area contributed by atoms with Crippen LogP contribution in [0.5, 0.6) is 23.1 Å². The Hall–Kier alpha value is -6.92. The van der Waals surface area contributed by atoms with Crippen molar-refractivity contribution in [2.24, 2.45) is 23.2 Å². The number of imide groups is 1. The van der Waals surface area contributed by atoms with E-state index >= 15 is 0 Å². The lowest BCUT2D eigenvalue weighted by Gasteiger charge is -2.58. The minimum atomic E-state index is -1.20. The van der Waals surface area contributed by atoms with E-state index in [9.17, 15) is 24.0 Å². The largest absolute Gasteiger partial charge is 0.629 e. The van der Waals surface area contributed by atoms with Crippen molar-refractivity contribution in [3.05, 3.63) is 130 Å². The number of carbonyl (C=O) groups excluding carboxylic acids is 3. The highest BCUT2D eigenvalue weighted by molar-refractivity contribution is 6.45. The molecule has 3 aromatic heterocycles. The van der Waals surface area contributed by atoms with Crippen molar-refractivity contribution in [3.63, 3.8) is 0 Å². The lowest BCUT2D eigenvalue weighted by molar-refractivity contribution is -0.750. The van der Waals surface area contributed by atoms with Gasteiger partial charge in [-0.05, 0) is 109 Å². The zero-order chi connectivity index (χ0) is 54.4. The number of nitrogens with zero attached hydrogens (tertiary/aromatic N) is 5. The van der Waals surface area contributed by atoms with Crippen LogP contribution in [-0.4, -0.2) is 108 Å². The van der Waals surface area contributed by atoms with Crippen molar-refractivity contribution in [3.8, 4) is 23.1 Å². The van der Waals surface area contributed by atoms with Gasteiger partial charge in [0.1, 0.15) is 23.0 Å². The molecule has 17 heteroatoms. The fraction of sp³-hybridized carbons (Fsp3) is 0.459. The molecule has 1 spiro atoms. The minimum Gasteiger partial charge on any atom is -0.629 e. The molecule has 78 heavy (non-hydrogen) atoms. The summed E-state index contributed by atoms with van der Waals surface area (Å²) < 4.78 is 32.5. The molecular formula is C61H72FN9O7. The molecule has 5 aliphatic rings. The maximum Gasteiger partial charge on any atom is 0.299 e. The Morgan fingerprint density at radius 2 is 1.73 bits per heavy atom. The average molecular weight is 1060 g/mol. The number of piperidine rings is 1. The Kier molecular flexibility index (Phi) is 15.0. The maximum absolute atomic E-state index is 15.0. The van der Waals surface area contributed by atoms with Crippen LogP contribution in [0, 0.1) is 34.2 Å². The van der Waals surface area contributed by atoms with Crippen molar-refractivity contribution in [2.45, 2.75) is 103 Å². The third-order valence-corrected chi connectivity index (χ3v) is 17.8. The summed E-state index contributed by atoms with van der Waals surface area (Å²) in [6.45, 7) is 12.1. The number of rotatable bonds is 17. The predicted molar refractivity (Wildman–Crippen MR) is 297 cm³/mol. The summed E-state index contributed by atoms with van der Waals surface area (Å²) in [6.07, 6.45) is 11.3. The summed E-state index contributed by atoms with van der Waals surface area (Å²) in [4.78, 5) is 61.0. The fourth-order valence-electron chi connectivity index (χ4n) is 13.3. The quantitative estimate of drug-likeness (QED) is 0.0386. The number of hydroxylamine groups is 1. The second-order valence-electron chi connectivity index (χ2n) is 23.0. The van der Waals surface area contributed by atoms with E-state index in [1.165, 1.54) is 55.4 Å². The molecule has 2 amide bonds. The number of H-pyrrole nitrogens is 1. The van der Waals surface area contributed by atoms with E-state index in [1.54, 1.807) is 19.2 Å². The summed E-state index contributed by atoms with van der Waals surface area (Å²) in [6, 6.07) is 26.5. The Labute approximate surface area is 455 Å². The van der Waals surface area contributed by atoms with Gasteiger partial charge in [-0.3, -0.25) is 29.5 Å². The number of Topliss-reactive ketones (excluding diaryl/α,β-unsaturated/α-hetero) is 1. The van der Waals surface area contributed by atoms with Gasteiger partial charge in [0.15, 0.2) is 17.3 Å². The molecular weight excluding hydrogens is 990 g/mol. The highest BCUT2D eigenvalue weighted by Crippen LogP contribution is 2.65. The highest BCUT2D eigenvalue weighted by Gasteiger charge is 2.63. The number of anilines is 2. The maximum atomic E-state index is 15.0. The van der Waals surface area contributed by atoms with Gasteiger partial charge >= 0.3 is 0 Å². The molecule has 0 radical (unpaired) electrons. The van der Waals surface area contributed by atoms with Crippen molar-refractivity contribution in [2.75, 3.05) is 64.2 Å². The Morgan fingerprint density at radius 1 is 0.949 bits per heavy atom. The summed E-state index contributed by atoms with van der Waals surface area (Å²) in [5.41, 5.74) is 5.45. The van der Waals surface area contributed by atoms with Gasteiger partial charge in [0.05, 0.1) is 37.8 Å². The number of ketones is 1. The summed E-state index contributed by atoms with van der Waals surface area (Å²) in [5.74, 6) is -0.260. The minimum absolute atomic E-state index is 0.0442. The Morgan fingerprint density at radius 3 is 2.47 bits per heavy atom. The van der Waals surface area contributed by atoms with Crippen LogP contribution in [-0.2, 0) is 11.3 Å². The van der Waals surface area contributed by atoms with Crippen LogP contribution in [0.2, 0.25) is 0 Å². The van der Waals surface area contributed by atoms with E-state index in [0.29, 0.717) is 42.1 Å². The first-order chi connectivity index (χ1) is 37.7. The molecule has 4 unspecified atom stereocenters. The normalized spacial score (nSPS) is 24.6. The van der Waals surface area contributed by atoms with Gasteiger partial charge in [-0.2, -0.15) is 4.98 Å². The number of aromatic amines is 1. The Balaban J connectivity index is 0.803. The van der Waals surface area contributed by atoms with Gasteiger partial charge in [0.2, 0.25) is 0 Å². The van der Waals surface area contributed by atoms with Crippen molar-refractivity contribution in [1.29, 1.82) is 0 Å². The molecule has 16 nitrogen and oxygen atoms in total. The second-order valence-corrected chi connectivity index (χ2v) is 23.0. The molecule has 2 aliphatic heterocycles. The number of hydrogen-bond donors (Lipinski definition) is 4. The molecule has 3 saturated carbocycles. The fourth-order valence-corrected chi connectivity index (χ4v) is 13.3. The van der Waals surface area contributed by atoms with Crippen LogP contribution < -0.4 is 34.8 Å². The number of hydrogen-bond acceptors (Lipinski definition) is 13. The number of halogens is 1. The number of nitrogens with one attached hydrogen (secondary N) is 4. The third kappa shape index (κ3) is 10.7. The lowest BCUT2D eigenvalue weighted by atomic mass is 9.58. The second kappa shape index (κ2) is 22.1. The van der Waals surface area contributed by atoms with Crippen LogP contribution in [0.4, 0.5) is 21.6 Å². The van der Waals surface area contributed by atoms with Gasteiger partial charge in [-0.15, -0.1) is 0 Å². The average Bonchev–Trinajstić information content (AvgIpc) is 4.01. The number of piperazine rings is 1. The molecule has 410 valence electrons. The third-order valence-electron chi connectivity index (χ3n) is 17.8. The molecule has 4 atom stereocenters. The number of benzene rings is 3. The van der Waals surface area contributed by atoms with E-state index in [1.807, 2.05) is 18.2 Å². The molecule has 5 heterocycles. The van der Waals surface area contributed by atoms with Crippen molar-refractivity contribution < 1.29 is 38.0 Å². The summed E-state index contributed by atoms with van der Waals surface area (Å²) in [5, 5.41) is 18.2. The van der Waals surface area contributed by atoms with E-state index in [-0.39, 0.29) is 67.8 Å². The molecule has 3 aliphatic carbocycles. The lowest BCUT2D eigenvalue weighted by Crippen LogP contribution is -2.98. The Bertz CT molecular complexity index is 3190. The molecule has 3 aromatic carbocycles. The molecule has 11 rings (SSSR count). The zero-order valence-electron chi connectivity index (χ0n) is 45.6. The zero-order valence-corrected chi connectivity index (χ0v) is 45.6. The number of quaternary nitrogens is 1. The standard InChI is InChI=1S/C61H72FN9O7/c1-36(2)44-9-7-8-10-45(44)52-35-69(34-39-15-18-43(76-5)19-16-39)23-24-71(52)42-29-61(30-42)21-22-70(50-28-48(50)61)41-17-20-46(53(26-41)78-54-27-47-49(62)33-65-56(47)66-60(54)77-6)58(73)67-59(74)55(72)40-25-51(68(4)75)57(64-32-40)63-31-38-13-11-37(3)12-14-38/h7-10,15-20,25-27,32-33,36-38,42,48,50,52,68H,11-14,21-24,28-31,34-35H2,1-6H3,(H,63,64)(H,65,66)(H,67,73,74). The molecule has 2 saturated heterocycles. The molecule has 4 N–H and O–H groups in total. The van der Waals surface area contributed by atoms with E-state index in [2.05, 4.69) is 97.5 Å². The summed E-state index contributed by atoms with van der Waals surface area (Å²) >= 11 is 0. The van der Waals surface area contributed by atoms with Gasteiger partial charge in [0.25, 0.3) is 23.5 Å². The number of fused-ring (bicyclic) bond motifs is 3. The number of carbonyl (C=O) groups is 3. The predicted octanol–water partition coefficient (Wildman–Crippen LogP) is 9.36. The van der Waals surface area contributed by atoms with E-state index in [4.69, 9.17) is 14.2 Å². The number of ether oxygens (including phenoxy) is 3. The van der Waals surface area contributed by atoms with E-state index in [0.717, 1.165) is 95.5 Å². The number of methoxy groups -OCH3 is 2. The first-order valence-electron chi connectivity index (χ1n) is 27.8.